The second-order valence-electron chi connectivity index (χ2n) is 6.47. The van der Waals surface area contributed by atoms with E-state index in [9.17, 15) is 4.79 Å². The Morgan fingerprint density at radius 3 is 2.11 bits per heavy atom. The van der Waals surface area contributed by atoms with Gasteiger partial charge in [0, 0.05) is 18.7 Å². The fraction of sp³-hybridized carbons (Fsp3) is 0.588. The van der Waals surface area contributed by atoms with Gasteiger partial charge in [-0.2, -0.15) is 0 Å². The van der Waals surface area contributed by atoms with Crippen LogP contribution in [0.3, 0.4) is 0 Å². The van der Waals surface area contributed by atoms with Crippen LogP contribution in [0.4, 0.5) is 5.69 Å². The molecule has 0 bridgehead atoms. The first kappa shape index (κ1) is 15.7. The number of hydrogen-bond donors (Lipinski definition) is 1. The Morgan fingerprint density at radius 1 is 1.16 bits per heavy atom. The second-order valence-corrected chi connectivity index (χ2v) is 6.47. The lowest BCUT2D eigenvalue weighted by Gasteiger charge is -2.22. The molecule has 2 heteroatoms. The molecule has 19 heavy (non-hydrogen) atoms. The van der Waals surface area contributed by atoms with Crippen molar-refractivity contribution in [1.29, 1.82) is 0 Å². The molecule has 0 aromatic heterocycles. The second kappa shape index (κ2) is 6.23. The predicted molar refractivity (Wildman–Crippen MR) is 83.0 cm³/mol. The fourth-order valence-corrected chi connectivity index (χ4v) is 2.23. The molecule has 0 heterocycles. The minimum absolute atomic E-state index is 0.183. The summed E-state index contributed by atoms with van der Waals surface area (Å²) in [5, 5.41) is 3.46. The monoisotopic (exact) mass is 261 g/mol. The summed E-state index contributed by atoms with van der Waals surface area (Å²) in [5.74, 6) is 0.262. The molecule has 1 N–H and O–H groups in total. The van der Waals surface area contributed by atoms with E-state index in [2.05, 4.69) is 52.1 Å². The maximum atomic E-state index is 10.9. The molecule has 1 aromatic rings. The van der Waals surface area contributed by atoms with Crippen molar-refractivity contribution in [3.63, 3.8) is 0 Å². The predicted octanol–water partition coefficient (Wildman–Crippen LogP) is 4.38. The Hall–Kier alpha value is -1.31. The summed E-state index contributed by atoms with van der Waals surface area (Å²) in [6.45, 7) is 13.5. The number of carbonyl (C=O) groups is 1. The van der Waals surface area contributed by atoms with E-state index in [0.29, 0.717) is 6.42 Å². The third-order valence-electron chi connectivity index (χ3n) is 3.41. The normalized spacial score (nSPS) is 11.5. The molecule has 2 nitrogen and oxygen atoms in total. The highest BCUT2D eigenvalue weighted by molar-refractivity contribution is 5.75. The topological polar surface area (TPSA) is 29.1 Å². The molecule has 0 fully saturated rings. The lowest BCUT2D eigenvalue weighted by Crippen LogP contribution is -2.13. The fourth-order valence-electron chi connectivity index (χ4n) is 2.23. The van der Waals surface area contributed by atoms with Gasteiger partial charge in [-0.3, -0.25) is 0 Å². The molecular weight excluding hydrogens is 234 g/mol. The number of carbonyl (C=O) groups excluding carboxylic acids is 1. The van der Waals surface area contributed by atoms with Crippen LogP contribution in [-0.2, 0) is 10.2 Å². The molecule has 106 valence electrons. The molecule has 0 amide bonds. The highest BCUT2D eigenvalue weighted by Gasteiger charge is 2.16. The SMILES string of the molecule is CC(=O)CCCNc1c(C)cc(C(C)(C)C)cc1C. The summed E-state index contributed by atoms with van der Waals surface area (Å²) in [6.07, 6.45) is 1.56. The molecule has 0 atom stereocenters. The highest BCUT2D eigenvalue weighted by Crippen LogP contribution is 2.29. The number of Topliss-reactive ketones (excluding diaryl/α,β-unsaturated/α-hetero) is 1. The van der Waals surface area contributed by atoms with Crippen LogP contribution >= 0.6 is 0 Å². The summed E-state index contributed by atoms with van der Waals surface area (Å²) in [6, 6.07) is 4.53. The summed E-state index contributed by atoms with van der Waals surface area (Å²) in [5.41, 5.74) is 5.34. The quantitative estimate of drug-likeness (QED) is 0.797. The van der Waals surface area contributed by atoms with E-state index in [4.69, 9.17) is 0 Å². The first-order chi connectivity index (χ1) is 8.71. The van der Waals surface area contributed by atoms with Crippen LogP contribution in [0.1, 0.15) is 57.2 Å². The van der Waals surface area contributed by atoms with E-state index in [1.807, 2.05) is 0 Å². The lowest BCUT2D eigenvalue weighted by molar-refractivity contribution is -0.117. The van der Waals surface area contributed by atoms with Crippen molar-refractivity contribution >= 4 is 11.5 Å². The van der Waals surface area contributed by atoms with Gasteiger partial charge in [0.15, 0.2) is 0 Å². The summed E-state index contributed by atoms with van der Waals surface area (Å²) in [4.78, 5) is 10.9. The van der Waals surface area contributed by atoms with E-state index in [1.165, 1.54) is 22.4 Å². The van der Waals surface area contributed by atoms with E-state index >= 15 is 0 Å². The first-order valence-corrected chi connectivity index (χ1v) is 7.07. The molecule has 0 saturated heterocycles. The molecule has 0 aliphatic heterocycles. The number of anilines is 1. The lowest BCUT2D eigenvalue weighted by atomic mass is 9.85. The minimum Gasteiger partial charge on any atom is -0.385 e. The van der Waals surface area contributed by atoms with Gasteiger partial charge in [-0.1, -0.05) is 32.9 Å². The maximum absolute atomic E-state index is 10.9. The Kier molecular flexibility index (Phi) is 5.16. The van der Waals surface area contributed by atoms with Gasteiger partial charge in [0.05, 0.1) is 0 Å². The Balaban J connectivity index is 2.78. The summed E-state index contributed by atoms with van der Waals surface area (Å²) in [7, 11) is 0. The van der Waals surface area contributed by atoms with Crippen molar-refractivity contribution in [2.75, 3.05) is 11.9 Å². The van der Waals surface area contributed by atoms with Gasteiger partial charge in [-0.15, -0.1) is 0 Å². The first-order valence-electron chi connectivity index (χ1n) is 7.07. The van der Waals surface area contributed by atoms with Crippen molar-refractivity contribution in [3.05, 3.63) is 28.8 Å². The third kappa shape index (κ3) is 4.70. The zero-order chi connectivity index (χ0) is 14.6. The molecule has 0 unspecified atom stereocenters. The standard InChI is InChI=1S/C17H27NO/c1-12-10-15(17(4,5)6)11-13(2)16(12)18-9-7-8-14(3)19/h10-11,18H,7-9H2,1-6H3. The molecule has 0 aliphatic carbocycles. The average Bonchev–Trinajstić information content (AvgIpc) is 2.25. The number of aryl methyl sites for hydroxylation is 2. The maximum Gasteiger partial charge on any atom is 0.129 e. The van der Waals surface area contributed by atoms with E-state index in [1.54, 1.807) is 6.92 Å². The van der Waals surface area contributed by atoms with Crippen LogP contribution in [0.25, 0.3) is 0 Å². The van der Waals surface area contributed by atoms with Crippen LogP contribution < -0.4 is 5.32 Å². The minimum atomic E-state index is 0.183. The van der Waals surface area contributed by atoms with Crippen LogP contribution in [0, 0.1) is 13.8 Å². The number of rotatable bonds is 5. The molecule has 0 radical (unpaired) electrons. The van der Waals surface area contributed by atoms with Gasteiger partial charge >= 0.3 is 0 Å². The van der Waals surface area contributed by atoms with Gasteiger partial charge in [0.25, 0.3) is 0 Å². The van der Waals surface area contributed by atoms with Gasteiger partial charge in [0.1, 0.15) is 5.78 Å². The van der Waals surface area contributed by atoms with Crippen molar-refractivity contribution < 1.29 is 4.79 Å². The van der Waals surface area contributed by atoms with Gasteiger partial charge in [0.2, 0.25) is 0 Å². The van der Waals surface area contributed by atoms with E-state index in [-0.39, 0.29) is 11.2 Å². The van der Waals surface area contributed by atoms with Gasteiger partial charge < -0.3 is 10.1 Å². The van der Waals surface area contributed by atoms with Crippen LogP contribution in [0.5, 0.6) is 0 Å². The van der Waals surface area contributed by atoms with Crippen LogP contribution in [0.15, 0.2) is 12.1 Å². The number of nitrogens with one attached hydrogen (secondary N) is 1. The zero-order valence-electron chi connectivity index (χ0n) is 13.2. The Morgan fingerprint density at radius 2 is 1.68 bits per heavy atom. The average molecular weight is 261 g/mol. The highest BCUT2D eigenvalue weighted by atomic mass is 16.1. The molecule has 0 saturated carbocycles. The van der Waals surface area contributed by atoms with Crippen molar-refractivity contribution in [1.82, 2.24) is 0 Å². The van der Waals surface area contributed by atoms with Gasteiger partial charge in [-0.05, 0) is 49.3 Å². The van der Waals surface area contributed by atoms with Crippen molar-refractivity contribution in [2.24, 2.45) is 0 Å². The molecule has 1 aromatic carbocycles. The molecule has 0 spiro atoms. The molecular formula is C17H27NO. The largest absolute Gasteiger partial charge is 0.385 e. The molecule has 0 aliphatic rings. The number of ketones is 1. The third-order valence-corrected chi connectivity index (χ3v) is 3.41. The Labute approximate surface area is 117 Å². The number of benzene rings is 1. The van der Waals surface area contributed by atoms with E-state index in [0.717, 1.165) is 13.0 Å². The zero-order valence-corrected chi connectivity index (χ0v) is 13.2. The van der Waals surface area contributed by atoms with Crippen LogP contribution in [-0.4, -0.2) is 12.3 Å². The molecule has 1 rings (SSSR count). The number of hydrogen-bond acceptors (Lipinski definition) is 2. The summed E-state index contributed by atoms with van der Waals surface area (Å²) < 4.78 is 0. The summed E-state index contributed by atoms with van der Waals surface area (Å²) >= 11 is 0. The van der Waals surface area contributed by atoms with Crippen LogP contribution in [0.2, 0.25) is 0 Å². The van der Waals surface area contributed by atoms with Gasteiger partial charge in [-0.25, -0.2) is 0 Å². The Bertz CT molecular complexity index is 432. The van der Waals surface area contributed by atoms with Crippen molar-refractivity contribution in [3.8, 4) is 0 Å². The van der Waals surface area contributed by atoms with Crippen molar-refractivity contribution in [2.45, 2.75) is 59.8 Å². The smallest absolute Gasteiger partial charge is 0.129 e. The van der Waals surface area contributed by atoms with E-state index < -0.39 is 0 Å².